The van der Waals surface area contributed by atoms with Crippen molar-refractivity contribution in [2.24, 2.45) is 23.7 Å². The predicted molar refractivity (Wildman–Crippen MR) is 215 cm³/mol. The Bertz CT molecular complexity index is 2060. The fraction of sp³-hybridized carbons (Fsp3) is 0.488. The van der Waals surface area contributed by atoms with Crippen molar-refractivity contribution in [3.05, 3.63) is 72.6 Å². The number of carbonyl (C=O) groups is 4. The minimum Gasteiger partial charge on any atom is -0.453 e. The van der Waals surface area contributed by atoms with Crippen LogP contribution in [0, 0.1) is 23.7 Å². The molecule has 3 heterocycles. The van der Waals surface area contributed by atoms with E-state index in [-0.39, 0.29) is 41.7 Å². The van der Waals surface area contributed by atoms with Crippen molar-refractivity contribution in [2.45, 2.75) is 89.9 Å². The van der Waals surface area contributed by atoms with Crippen molar-refractivity contribution >= 4 is 24.0 Å². The molecule has 57 heavy (non-hydrogen) atoms. The van der Waals surface area contributed by atoms with Crippen molar-refractivity contribution in [1.29, 1.82) is 0 Å². The molecule has 2 unspecified atom stereocenters. The summed E-state index contributed by atoms with van der Waals surface area (Å²) in [4.78, 5) is 69.2. The molecule has 4 amide bonds. The van der Waals surface area contributed by atoms with Crippen LogP contribution in [0.25, 0.3) is 33.6 Å². The van der Waals surface area contributed by atoms with Gasteiger partial charge in [0.15, 0.2) is 0 Å². The molecule has 2 saturated carbocycles. The maximum Gasteiger partial charge on any atom is 0.407 e. The quantitative estimate of drug-likeness (QED) is 0.107. The molecule has 2 aromatic carbocycles. The van der Waals surface area contributed by atoms with Crippen LogP contribution < -0.4 is 16.0 Å². The highest BCUT2D eigenvalue weighted by atomic mass is 16.5. The number of rotatable bonds is 12. The van der Waals surface area contributed by atoms with E-state index in [1.807, 2.05) is 45.0 Å². The van der Waals surface area contributed by atoms with Gasteiger partial charge in [0.1, 0.15) is 23.7 Å². The van der Waals surface area contributed by atoms with Crippen LogP contribution >= 0.6 is 0 Å². The number of alkyl carbamates (subject to hydrolysis) is 2. The first kappa shape index (κ1) is 39.6. The zero-order chi connectivity index (χ0) is 40.4. The highest BCUT2D eigenvalue weighted by molar-refractivity contribution is 5.87. The number of amides is 4. The highest BCUT2D eigenvalue weighted by Gasteiger charge is 2.50. The molecule has 2 aromatic heterocycles. The summed E-state index contributed by atoms with van der Waals surface area (Å²) in [5.41, 5.74) is 5.94. The number of likely N-dealkylation sites (tertiary alicyclic amines) is 1. The summed E-state index contributed by atoms with van der Waals surface area (Å²) in [5, 5.41) is 8.68. The normalized spacial score (nSPS) is 22.4. The number of methoxy groups -OCH3 is 2. The van der Waals surface area contributed by atoms with Gasteiger partial charge in [0.25, 0.3) is 0 Å². The van der Waals surface area contributed by atoms with Crippen LogP contribution in [0.5, 0.6) is 0 Å². The van der Waals surface area contributed by atoms with Crippen molar-refractivity contribution in [1.82, 2.24) is 40.8 Å². The van der Waals surface area contributed by atoms with Gasteiger partial charge >= 0.3 is 12.2 Å². The van der Waals surface area contributed by atoms with E-state index in [9.17, 15) is 19.2 Å². The standard InChI is InChI=1S/C43H54N8O6/c1-23(2)35(49-42(54)56-5)40(52)48-37-30-18-17-29(20-30)34(37)39-45-22-32(47-39)28-15-11-26(12-16-28)25-9-13-27(14-10-25)31-21-44-38(46-31)33-8-7-19-51(33)41(53)36(24(3)4)50-43(55)57-6/h9-16,21-24,29-30,33-37H,7-8,17-20H2,1-6H3,(H,44,46)(H,45,47)(H,48,52)(H,49,54)(H,50,55)/t29?,30?,33-,34-,35-,36-,37-/m0/s1. The summed E-state index contributed by atoms with van der Waals surface area (Å²) in [6.07, 6.45) is 7.31. The van der Waals surface area contributed by atoms with Crippen LogP contribution in [0.1, 0.15) is 83.4 Å². The Morgan fingerprint density at radius 3 is 1.77 bits per heavy atom. The van der Waals surface area contributed by atoms with Crippen LogP contribution in [-0.2, 0) is 19.1 Å². The number of hydrogen-bond acceptors (Lipinski definition) is 8. The number of H-pyrrole nitrogens is 2. The molecule has 0 spiro atoms. The predicted octanol–water partition coefficient (Wildman–Crippen LogP) is 6.56. The number of nitrogens with zero attached hydrogens (tertiary/aromatic N) is 3. The van der Waals surface area contributed by atoms with Crippen LogP contribution in [-0.4, -0.2) is 87.7 Å². The maximum absolute atomic E-state index is 13.5. The molecule has 302 valence electrons. The Hall–Kier alpha value is -5.66. The molecule has 0 radical (unpaired) electrons. The van der Waals surface area contributed by atoms with E-state index in [0.29, 0.717) is 18.4 Å². The molecular weight excluding hydrogens is 725 g/mol. The summed E-state index contributed by atoms with van der Waals surface area (Å²) < 4.78 is 9.52. The molecule has 7 rings (SSSR count). The summed E-state index contributed by atoms with van der Waals surface area (Å²) in [7, 11) is 2.59. The fourth-order valence-electron chi connectivity index (χ4n) is 9.05. The molecular formula is C43H54N8O6. The molecule has 1 saturated heterocycles. The van der Waals surface area contributed by atoms with Crippen molar-refractivity contribution < 1.29 is 28.7 Å². The topological polar surface area (TPSA) is 183 Å². The van der Waals surface area contributed by atoms with Gasteiger partial charge in [0, 0.05) is 18.5 Å². The largest absolute Gasteiger partial charge is 0.453 e. The lowest BCUT2D eigenvalue weighted by Gasteiger charge is -2.32. The van der Waals surface area contributed by atoms with Gasteiger partial charge in [-0.2, -0.15) is 0 Å². The van der Waals surface area contributed by atoms with Crippen molar-refractivity contribution in [2.75, 3.05) is 20.8 Å². The van der Waals surface area contributed by atoms with E-state index in [4.69, 9.17) is 14.5 Å². The van der Waals surface area contributed by atoms with Gasteiger partial charge in [-0.3, -0.25) is 9.59 Å². The fourth-order valence-corrected chi connectivity index (χ4v) is 9.05. The smallest absolute Gasteiger partial charge is 0.407 e. The van der Waals surface area contributed by atoms with Gasteiger partial charge < -0.3 is 40.3 Å². The number of benzene rings is 2. The second kappa shape index (κ2) is 16.8. The summed E-state index contributed by atoms with van der Waals surface area (Å²) in [6, 6.07) is 15.1. The lowest BCUT2D eigenvalue weighted by molar-refractivity contribution is -0.135. The Labute approximate surface area is 333 Å². The highest BCUT2D eigenvalue weighted by Crippen LogP contribution is 2.52. The minimum absolute atomic E-state index is 0.0597. The van der Waals surface area contributed by atoms with E-state index >= 15 is 0 Å². The molecule has 14 heteroatoms. The van der Waals surface area contributed by atoms with E-state index in [2.05, 4.69) is 79.4 Å². The Kier molecular flexibility index (Phi) is 11.7. The maximum atomic E-state index is 13.5. The van der Waals surface area contributed by atoms with Crippen LogP contribution in [0.15, 0.2) is 60.9 Å². The zero-order valence-corrected chi connectivity index (χ0v) is 33.5. The first-order valence-corrected chi connectivity index (χ1v) is 20.1. The zero-order valence-electron chi connectivity index (χ0n) is 33.5. The Balaban J connectivity index is 1.00. The van der Waals surface area contributed by atoms with Gasteiger partial charge in [-0.1, -0.05) is 76.2 Å². The molecule has 4 aromatic rings. The van der Waals surface area contributed by atoms with Crippen molar-refractivity contribution in [3.63, 3.8) is 0 Å². The molecule has 3 aliphatic rings. The molecule has 7 atom stereocenters. The second-order valence-corrected chi connectivity index (χ2v) is 16.3. The number of fused-ring (bicyclic) bond motifs is 2. The third-order valence-electron chi connectivity index (χ3n) is 12.1. The van der Waals surface area contributed by atoms with E-state index in [0.717, 1.165) is 77.4 Å². The molecule has 5 N–H and O–H groups in total. The third kappa shape index (κ3) is 8.26. The van der Waals surface area contributed by atoms with E-state index in [1.165, 1.54) is 14.2 Å². The number of carbonyl (C=O) groups excluding carboxylic acids is 4. The second-order valence-electron chi connectivity index (χ2n) is 16.3. The Morgan fingerprint density at radius 1 is 0.702 bits per heavy atom. The monoisotopic (exact) mass is 778 g/mol. The molecule has 2 aliphatic carbocycles. The Morgan fingerprint density at radius 2 is 1.21 bits per heavy atom. The number of aromatic amines is 2. The van der Waals surface area contributed by atoms with Crippen LogP contribution in [0.2, 0.25) is 0 Å². The number of imidazole rings is 2. The minimum atomic E-state index is -0.688. The molecule has 3 fully saturated rings. The molecule has 1 aliphatic heterocycles. The molecule has 14 nitrogen and oxygen atoms in total. The summed E-state index contributed by atoms with van der Waals surface area (Å²) >= 11 is 0. The summed E-state index contributed by atoms with van der Waals surface area (Å²) in [5.74, 6) is 1.96. The number of aromatic nitrogens is 4. The third-order valence-corrected chi connectivity index (χ3v) is 12.1. The van der Waals surface area contributed by atoms with Gasteiger partial charge in [0.05, 0.1) is 44.0 Å². The number of nitrogens with one attached hydrogen (secondary N) is 5. The molecule has 2 bridgehead atoms. The lowest BCUT2D eigenvalue weighted by Crippen LogP contribution is -2.54. The summed E-state index contributed by atoms with van der Waals surface area (Å²) in [6.45, 7) is 8.22. The average Bonchev–Trinajstić information content (AvgIpc) is 4.07. The lowest BCUT2D eigenvalue weighted by atomic mass is 9.83. The number of hydrogen-bond donors (Lipinski definition) is 5. The van der Waals surface area contributed by atoms with Gasteiger partial charge in [-0.15, -0.1) is 0 Å². The first-order chi connectivity index (χ1) is 27.4. The first-order valence-electron chi connectivity index (χ1n) is 20.1. The van der Waals surface area contributed by atoms with Gasteiger partial charge in [-0.25, -0.2) is 19.6 Å². The SMILES string of the molecule is COC(=O)N[C@H](C(=O)N[C@H]1C2CCC(C2)[C@@H]1c1ncc(-c2ccc(-c3ccc(-c4cnc([C@@H]5CCCN5C(=O)[C@@H](NC(=O)OC)C(C)C)[nH]4)cc3)cc2)[nH]1)C(C)C. The van der Waals surface area contributed by atoms with Gasteiger partial charge in [-0.05, 0) is 78.0 Å². The number of ether oxygens (including phenoxy) is 2. The van der Waals surface area contributed by atoms with Gasteiger partial charge in [0.2, 0.25) is 11.8 Å². The van der Waals surface area contributed by atoms with Crippen LogP contribution in [0.4, 0.5) is 9.59 Å². The van der Waals surface area contributed by atoms with E-state index < -0.39 is 24.3 Å². The van der Waals surface area contributed by atoms with Crippen molar-refractivity contribution in [3.8, 4) is 33.6 Å². The van der Waals surface area contributed by atoms with Crippen LogP contribution in [0.3, 0.4) is 0 Å². The average molecular weight is 779 g/mol. The van der Waals surface area contributed by atoms with E-state index in [1.54, 1.807) is 0 Å².